The lowest BCUT2D eigenvalue weighted by atomic mass is 10.1. The fraction of sp³-hybridized carbons (Fsp3) is 0.364. The van der Waals surface area contributed by atoms with Crippen LogP contribution in [0.3, 0.4) is 0 Å². The van der Waals surface area contributed by atoms with Gasteiger partial charge >= 0.3 is 6.18 Å². The van der Waals surface area contributed by atoms with Gasteiger partial charge in [-0.25, -0.2) is 9.37 Å². The molecule has 1 fully saturated rings. The number of ether oxygens (including phenoxy) is 2. The molecule has 1 saturated heterocycles. The molecule has 238 valence electrons. The Bertz CT molecular complexity index is 1690. The summed E-state index contributed by atoms with van der Waals surface area (Å²) >= 11 is 0. The van der Waals surface area contributed by atoms with E-state index in [0.717, 1.165) is 31.8 Å². The Hall–Kier alpha value is -4.29. The summed E-state index contributed by atoms with van der Waals surface area (Å²) in [6.45, 7) is 4.12. The molecule has 0 aliphatic carbocycles. The van der Waals surface area contributed by atoms with Crippen molar-refractivity contribution in [2.24, 2.45) is 0 Å². The van der Waals surface area contributed by atoms with Crippen LogP contribution in [-0.2, 0) is 28.5 Å². The highest BCUT2D eigenvalue weighted by Gasteiger charge is 2.34. The molecule has 0 saturated carbocycles. The van der Waals surface area contributed by atoms with Gasteiger partial charge in [0.25, 0.3) is 5.56 Å². The van der Waals surface area contributed by atoms with Crippen molar-refractivity contribution in [3.8, 4) is 11.4 Å². The third kappa shape index (κ3) is 7.87. The molecule has 0 atom stereocenters. The topological polar surface area (TPSA) is 76.9 Å². The normalized spacial score (nSPS) is 14.1. The van der Waals surface area contributed by atoms with E-state index in [1.807, 2.05) is 0 Å². The first-order chi connectivity index (χ1) is 21.6. The van der Waals surface area contributed by atoms with E-state index < -0.39 is 17.6 Å². The predicted octanol–water partition coefficient (Wildman–Crippen LogP) is 4.89. The number of carbonyl (C=O) groups excluding carboxylic acids is 1. The lowest BCUT2D eigenvalue weighted by molar-refractivity contribution is -0.140. The summed E-state index contributed by atoms with van der Waals surface area (Å²) in [5, 5.41) is 0.444. The van der Waals surface area contributed by atoms with Crippen molar-refractivity contribution >= 4 is 16.8 Å². The second-order valence-corrected chi connectivity index (χ2v) is 10.8. The van der Waals surface area contributed by atoms with Crippen molar-refractivity contribution in [3.05, 3.63) is 99.9 Å². The van der Waals surface area contributed by atoms with Gasteiger partial charge in [0.05, 0.1) is 48.9 Å². The van der Waals surface area contributed by atoms with Gasteiger partial charge in [0.2, 0.25) is 5.91 Å². The van der Waals surface area contributed by atoms with Crippen molar-refractivity contribution in [1.29, 1.82) is 0 Å². The number of benzene rings is 3. The van der Waals surface area contributed by atoms with Gasteiger partial charge in [0.1, 0.15) is 17.4 Å². The highest BCUT2D eigenvalue weighted by atomic mass is 19.4. The molecule has 1 aromatic heterocycles. The molecular weight excluding hydrogens is 592 g/mol. The molecular formula is C33H34F4N4O4. The molecule has 1 amide bonds. The van der Waals surface area contributed by atoms with E-state index in [0.29, 0.717) is 60.4 Å². The van der Waals surface area contributed by atoms with Crippen LogP contribution in [0.1, 0.15) is 23.4 Å². The number of carbonyl (C=O) groups is 1. The first-order valence-corrected chi connectivity index (χ1v) is 14.7. The molecule has 2 heterocycles. The molecule has 3 aromatic carbocycles. The standard InChI is InChI=1S/C33H34F4N4O4/c1-44-25-10-8-24(9-11-25)41-30(38-29-6-3-2-5-26(29)32(41)43)13-16-40(15-4-14-39-17-19-45-20-18-39)31(42)22-23-7-12-27(28(34)21-23)33(35,36)37/h2-3,5-12,21H,4,13-20,22H2,1H3. The lowest BCUT2D eigenvalue weighted by Crippen LogP contribution is -2.40. The summed E-state index contributed by atoms with van der Waals surface area (Å²) in [4.78, 5) is 35.9. The van der Waals surface area contributed by atoms with Crippen LogP contribution < -0.4 is 10.3 Å². The Labute approximate surface area is 257 Å². The summed E-state index contributed by atoms with van der Waals surface area (Å²) < 4.78 is 65.7. The molecule has 0 spiro atoms. The third-order valence-corrected chi connectivity index (χ3v) is 7.83. The first-order valence-electron chi connectivity index (χ1n) is 14.7. The fourth-order valence-electron chi connectivity index (χ4n) is 5.43. The van der Waals surface area contributed by atoms with Gasteiger partial charge in [-0.15, -0.1) is 0 Å². The maximum Gasteiger partial charge on any atom is 0.419 e. The Morgan fingerprint density at radius 3 is 2.44 bits per heavy atom. The smallest absolute Gasteiger partial charge is 0.419 e. The summed E-state index contributed by atoms with van der Waals surface area (Å²) in [5.74, 6) is -0.722. The number of hydrogen-bond acceptors (Lipinski definition) is 6. The molecule has 0 unspecified atom stereocenters. The van der Waals surface area contributed by atoms with E-state index >= 15 is 0 Å². The Morgan fingerprint density at radius 2 is 1.76 bits per heavy atom. The third-order valence-electron chi connectivity index (χ3n) is 7.83. The molecule has 12 heteroatoms. The summed E-state index contributed by atoms with van der Waals surface area (Å²) in [7, 11) is 1.55. The van der Waals surface area contributed by atoms with E-state index in [9.17, 15) is 27.2 Å². The number of methoxy groups -OCH3 is 1. The molecule has 4 aromatic rings. The zero-order chi connectivity index (χ0) is 32.0. The average molecular weight is 627 g/mol. The fourth-order valence-corrected chi connectivity index (χ4v) is 5.43. The number of aromatic nitrogens is 2. The lowest BCUT2D eigenvalue weighted by Gasteiger charge is -2.28. The Morgan fingerprint density at radius 1 is 1.02 bits per heavy atom. The molecule has 0 N–H and O–H groups in total. The molecule has 1 aliphatic rings. The second-order valence-electron chi connectivity index (χ2n) is 10.8. The van der Waals surface area contributed by atoms with Crippen molar-refractivity contribution in [1.82, 2.24) is 19.4 Å². The number of hydrogen-bond donors (Lipinski definition) is 0. The summed E-state index contributed by atoms with van der Waals surface area (Å²) in [6.07, 6.45) is -4.24. The van der Waals surface area contributed by atoms with E-state index in [2.05, 4.69) is 4.90 Å². The molecule has 45 heavy (non-hydrogen) atoms. The van der Waals surface area contributed by atoms with E-state index in [-0.39, 0.29) is 36.4 Å². The first kappa shape index (κ1) is 32.1. The zero-order valence-electron chi connectivity index (χ0n) is 24.9. The van der Waals surface area contributed by atoms with Crippen molar-refractivity contribution < 1.29 is 31.8 Å². The maximum absolute atomic E-state index is 14.3. The number of nitrogens with zero attached hydrogens (tertiary/aromatic N) is 4. The van der Waals surface area contributed by atoms with E-state index in [1.54, 1.807) is 60.5 Å². The number of amides is 1. The van der Waals surface area contributed by atoms with Gasteiger partial charge in [-0.2, -0.15) is 13.2 Å². The maximum atomic E-state index is 14.3. The number of rotatable bonds is 11. The molecule has 0 radical (unpaired) electrons. The monoisotopic (exact) mass is 626 g/mol. The highest BCUT2D eigenvalue weighted by Crippen LogP contribution is 2.31. The van der Waals surface area contributed by atoms with Gasteiger partial charge in [0, 0.05) is 39.1 Å². The Balaban J connectivity index is 1.41. The van der Waals surface area contributed by atoms with Crippen LogP contribution in [0.4, 0.5) is 17.6 Å². The minimum Gasteiger partial charge on any atom is -0.497 e. The number of para-hydroxylation sites is 1. The second kappa shape index (κ2) is 14.2. The summed E-state index contributed by atoms with van der Waals surface area (Å²) in [5.41, 5.74) is -0.388. The molecule has 0 bridgehead atoms. The van der Waals surface area contributed by atoms with Crippen LogP contribution in [0, 0.1) is 5.82 Å². The van der Waals surface area contributed by atoms with Gasteiger partial charge in [-0.3, -0.25) is 19.1 Å². The average Bonchev–Trinajstić information content (AvgIpc) is 3.03. The minimum absolute atomic E-state index is 0.141. The molecule has 8 nitrogen and oxygen atoms in total. The van der Waals surface area contributed by atoms with Crippen molar-refractivity contribution in [2.75, 3.05) is 53.0 Å². The van der Waals surface area contributed by atoms with Crippen LogP contribution in [0.5, 0.6) is 5.75 Å². The number of halogens is 4. The Kier molecular flexibility index (Phi) is 10.1. The number of alkyl halides is 3. The largest absolute Gasteiger partial charge is 0.497 e. The highest BCUT2D eigenvalue weighted by molar-refractivity contribution is 5.79. The quantitative estimate of drug-likeness (QED) is 0.221. The predicted molar refractivity (Wildman–Crippen MR) is 161 cm³/mol. The van der Waals surface area contributed by atoms with Gasteiger partial charge in [-0.1, -0.05) is 18.2 Å². The summed E-state index contributed by atoms with van der Waals surface area (Å²) in [6, 6.07) is 16.6. The van der Waals surface area contributed by atoms with E-state index in [4.69, 9.17) is 14.5 Å². The number of morpholine rings is 1. The zero-order valence-corrected chi connectivity index (χ0v) is 24.9. The minimum atomic E-state index is -4.83. The van der Waals surface area contributed by atoms with Crippen LogP contribution in [0.25, 0.3) is 16.6 Å². The van der Waals surface area contributed by atoms with Crippen LogP contribution in [0.2, 0.25) is 0 Å². The number of fused-ring (bicyclic) bond motifs is 1. The molecule has 1 aliphatic heterocycles. The van der Waals surface area contributed by atoms with Crippen LogP contribution in [0.15, 0.2) is 71.5 Å². The van der Waals surface area contributed by atoms with Gasteiger partial charge in [0.15, 0.2) is 0 Å². The SMILES string of the molecule is COc1ccc(-n2c(CCN(CCCN3CCOCC3)C(=O)Cc3ccc(C(F)(F)F)c(F)c3)nc3ccccc3c2=O)cc1. The van der Waals surface area contributed by atoms with Crippen molar-refractivity contribution in [2.45, 2.75) is 25.4 Å². The van der Waals surface area contributed by atoms with Crippen molar-refractivity contribution in [3.63, 3.8) is 0 Å². The van der Waals surface area contributed by atoms with Gasteiger partial charge < -0.3 is 14.4 Å². The van der Waals surface area contributed by atoms with E-state index in [1.165, 1.54) is 4.57 Å². The van der Waals surface area contributed by atoms with Crippen LogP contribution >= 0.6 is 0 Å². The van der Waals surface area contributed by atoms with Gasteiger partial charge in [-0.05, 0) is 60.5 Å². The molecule has 5 rings (SSSR count). The van der Waals surface area contributed by atoms with Crippen LogP contribution in [-0.4, -0.2) is 78.3 Å².